The summed E-state index contributed by atoms with van der Waals surface area (Å²) >= 11 is 0. The maximum atomic E-state index is 12.5. The summed E-state index contributed by atoms with van der Waals surface area (Å²) in [6.45, 7) is 0.265. The molecule has 0 N–H and O–H groups in total. The first kappa shape index (κ1) is 13.5. The lowest BCUT2D eigenvalue weighted by Gasteiger charge is -2.17. The van der Waals surface area contributed by atoms with E-state index < -0.39 is 0 Å². The van der Waals surface area contributed by atoms with E-state index in [-0.39, 0.29) is 18.4 Å². The first-order chi connectivity index (χ1) is 11.3. The molecule has 4 nitrogen and oxygen atoms in total. The Bertz CT molecular complexity index is 862. The van der Waals surface area contributed by atoms with E-state index in [2.05, 4.69) is 0 Å². The zero-order chi connectivity index (χ0) is 15.8. The average Bonchev–Trinajstić information content (AvgIpc) is 3.20. The third-order valence-electron chi connectivity index (χ3n) is 4.08. The maximum absolute atomic E-state index is 12.5. The number of rotatable bonds is 3. The molecule has 1 aromatic heterocycles. The number of hydrogen-bond donors (Lipinski definition) is 0. The molecular formula is C19H14N2O2. The lowest BCUT2D eigenvalue weighted by molar-refractivity contribution is 0.0642. The van der Waals surface area contributed by atoms with Crippen LogP contribution in [0.25, 0.3) is 5.69 Å². The number of amides is 2. The van der Waals surface area contributed by atoms with Crippen LogP contribution in [0.3, 0.4) is 0 Å². The largest absolute Gasteiger partial charge is 0.324 e. The molecule has 2 amide bonds. The highest BCUT2D eigenvalue weighted by Crippen LogP contribution is 2.26. The van der Waals surface area contributed by atoms with E-state index in [1.165, 1.54) is 4.90 Å². The van der Waals surface area contributed by atoms with E-state index in [0.29, 0.717) is 11.1 Å². The topological polar surface area (TPSA) is 42.3 Å². The number of aromatic nitrogens is 1. The van der Waals surface area contributed by atoms with Gasteiger partial charge in [0.25, 0.3) is 11.8 Å². The predicted molar refractivity (Wildman–Crippen MR) is 86.4 cm³/mol. The van der Waals surface area contributed by atoms with Gasteiger partial charge in [-0.2, -0.15) is 0 Å². The summed E-state index contributed by atoms with van der Waals surface area (Å²) in [7, 11) is 0. The Morgan fingerprint density at radius 2 is 1.26 bits per heavy atom. The molecule has 4 rings (SSSR count). The van der Waals surface area contributed by atoms with Crippen LogP contribution in [0, 0.1) is 0 Å². The molecule has 3 aromatic rings. The second-order valence-electron chi connectivity index (χ2n) is 5.46. The fourth-order valence-electron chi connectivity index (χ4n) is 2.94. The number of fused-ring (bicyclic) bond motifs is 1. The molecule has 0 saturated carbocycles. The zero-order valence-electron chi connectivity index (χ0n) is 12.3. The van der Waals surface area contributed by atoms with Gasteiger partial charge in [-0.3, -0.25) is 14.5 Å². The van der Waals surface area contributed by atoms with Crippen molar-refractivity contribution in [2.75, 3.05) is 0 Å². The molecule has 4 heteroatoms. The number of imide groups is 1. The van der Waals surface area contributed by atoms with Crippen LogP contribution in [0.5, 0.6) is 0 Å². The van der Waals surface area contributed by atoms with Gasteiger partial charge in [-0.15, -0.1) is 0 Å². The van der Waals surface area contributed by atoms with E-state index in [9.17, 15) is 9.59 Å². The third kappa shape index (κ3) is 2.16. The van der Waals surface area contributed by atoms with Crippen LogP contribution < -0.4 is 0 Å². The SMILES string of the molecule is O=C1c2ccccc2C(=O)N1Cc1ccccc1-n1cccc1. The standard InChI is InChI=1S/C19H14N2O2/c22-18-15-8-2-3-9-16(15)19(23)21(18)13-14-7-1-4-10-17(14)20-11-5-6-12-20/h1-12H,13H2. The first-order valence-corrected chi connectivity index (χ1v) is 7.42. The van der Waals surface area contributed by atoms with Gasteiger partial charge in [0.1, 0.15) is 0 Å². The molecule has 1 aliphatic rings. The van der Waals surface area contributed by atoms with Crippen LogP contribution in [-0.4, -0.2) is 21.3 Å². The van der Waals surface area contributed by atoms with E-state index in [1.54, 1.807) is 24.3 Å². The molecule has 112 valence electrons. The normalized spacial score (nSPS) is 13.5. The highest BCUT2D eigenvalue weighted by Gasteiger charge is 2.35. The van der Waals surface area contributed by atoms with Gasteiger partial charge < -0.3 is 4.57 Å². The van der Waals surface area contributed by atoms with Gasteiger partial charge in [-0.1, -0.05) is 30.3 Å². The Labute approximate surface area is 133 Å². The molecule has 0 radical (unpaired) electrons. The Morgan fingerprint density at radius 1 is 0.696 bits per heavy atom. The van der Waals surface area contributed by atoms with Gasteiger partial charge in [0.05, 0.1) is 17.7 Å². The summed E-state index contributed by atoms with van der Waals surface area (Å²) in [4.78, 5) is 26.3. The highest BCUT2D eigenvalue weighted by atomic mass is 16.2. The fourth-order valence-corrected chi connectivity index (χ4v) is 2.94. The molecule has 0 aliphatic carbocycles. The van der Waals surface area contributed by atoms with E-state index >= 15 is 0 Å². The van der Waals surface area contributed by atoms with Crippen LogP contribution in [-0.2, 0) is 6.54 Å². The second-order valence-corrected chi connectivity index (χ2v) is 5.46. The van der Waals surface area contributed by atoms with Crippen molar-refractivity contribution in [3.05, 3.63) is 89.7 Å². The van der Waals surface area contributed by atoms with Crippen LogP contribution >= 0.6 is 0 Å². The van der Waals surface area contributed by atoms with Gasteiger partial charge in [0, 0.05) is 18.1 Å². The lowest BCUT2D eigenvalue weighted by atomic mass is 10.1. The number of nitrogens with zero attached hydrogens (tertiary/aromatic N) is 2. The van der Waals surface area contributed by atoms with E-state index in [1.807, 2.05) is 53.4 Å². The van der Waals surface area contributed by atoms with Crippen molar-refractivity contribution in [2.24, 2.45) is 0 Å². The first-order valence-electron chi connectivity index (χ1n) is 7.42. The quantitative estimate of drug-likeness (QED) is 0.697. The minimum Gasteiger partial charge on any atom is -0.324 e. The smallest absolute Gasteiger partial charge is 0.261 e. The van der Waals surface area contributed by atoms with Crippen LogP contribution in [0.2, 0.25) is 0 Å². The van der Waals surface area contributed by atoms with Gasteiger partial charge in [-0.25, -0.2) is 0 Å². The average molecular weight is 302 g/mol. The van der Waals surface area contributed by atoms with E-state index in [0.717, 1.165) is 11.3 Å². The second kappa shape index (κ2) is 5.25. The van der Waals surface area contributed by atoms with Crippen LogP contribution in [0.15, 0.2) is 73.1 Å². The van der Waals surface area contributed by atoms with Gasteiger partial charge >= 0.3 is 0 Å². The van der Waals surface area contributed by atoms with Crippen molar-refractivity contribution in [1.82, 2.24) is 9.47 Å². The number of carbonyl (C=O) groups excluding carboxylic acids is 2. The molecule has 2 heterocycles. The number of benzene rings is 2. The monoisotopic (exact) mass is 302 g/mol. The Balaban J connectivity index is 1.71. The lowest BCUT2D eigenvalue weighted by Crippen LogP contribution is -2.29. The van der Waals surface area contributed by atoms with Crippen molar-refractivity contribution in [1.29, 1.82) is 0 Å². The molecule has 2 aromatic carbocycles. The molecule has 0 fully saturated rings. The van der Waals surface area contributed by atoms with Crippen molar-refractivity contribution in [2.45, 2.75) is 6.54 Å². The van der Waals surface area contributed by atoms with Gasteiger partial charge in [0.2, 0.25) is 0 Å². The minimum atomic E-state index is -0.229. The molecule has 0 spiro atoms. The summed E-state index contributed by atoms with van der Waals surface area (Å²) < 4.78 is 1.98. The summed E-state index contributed by atoms with van der Waals surface area (Å²) in [5, 5.41) is 0. The highest BCUT2D eigenvalue weighted by molar-refractivity contribution is 6.21. The Kier molecular flexibility index (Phi) is 3.08. The molecule has 0 saturated heterocycles. The molecular weight excluding hydrogens is 288 g/mol. The maximum Gasteiger partial charge on any atom is 0.261 e. The summed E-state index contributed by atoms with van der Waals surface area (Å²) in [5.41, 5.74) is 2.86. The number of hydrogen-bond acceptors (Lipinski definition) is 2. The predicted octanol–water partition coefficient (Wildman–Crippen LogP) is 3.27. The molecule has 23 heavy (non-hydrogen) atoms. The van der Waals surface area contributed by atoms with Crippen molar-refractivity contribution in [3.8, 4) is 5.69 Å². The molecule has 0 unspecified atom stereocenters. The fraction of sp³-hybridized carbons (Fsp3) is 0.0526. The summed E-state index contributed by atoms with van der Waals surface area (Å²) in [5.74, 6) is -0.458. The third-order valence-corrected chi connectivity index (χ3v) is 4.08. The molecule has 0 atom stereocenters. The van der Waals surface area contributed by atoms with Crippen LogP contribution in [0.1, 0.15) is 26.3 Å². The molecule has 0 bridgehead atoms. The minimum absolute atomic E-state index is 0.229. The summed E-state index contributed by atoms with van der Waals surface area (Å²) in [6, 6.07) is 18.6. The summed E-state index contributed by atoms with van der Waals surface area (Å²) in [6.07, 6.45) is 3.89. The zero-order valence-corrected chi connectivity index (χ0v) is 12.3. The van der Waals surface area contributed by atoms with Crippen molar-refractivity contribution >= 4 is 11.8 Å². The number of carbonyl (C=O) groups is 2. The van der Waals surface area contributed by atoms with E-state index in [4.69, 9.17) is 0 Å². The number of para-hydroxylation sites is 1. The molecule has 1 aliphatic heterocycles. The van der Waals surface area contributed by atoms with Gasteiger partial charge in [-0.05, 0) is 35.9 Å². The van der Waals surface area contributed by atoms with Gasteiger partial charge in [0.15, 0.2) is 0 Å². The Hall–Kier alpha value is -3.14. The van der Waals surface area contributed by atoms with Crippen LogP contribution in [0.4, 0.5) is 0 Å². The van der Waals surface area contributed by atoms with Crippen molar-refractivity contribution < 1.29 is 9.59 Å². The van der Waals surface area contributed by atoms with Crippen molar-refractivity contribution in [3.63, 3.8) is 0 Å². The Morgan fingerprint density at radius 3 is 1.91 bits per heavy atom.